The fraction of sp³-hybridized carbons (Fsp3) is 0.375. The van der Waals surface area contributed by atoms with Crippen molar-refractivity contribution in [1.29, 1.82) is 0 Å². The monoisotopic (exact) mass is 457 g/mol. The molecular formula is C16H16Cl2F3N3O5. The number of hydrazone groups is 1. The molecule has 0 aliphatic carbocycles. The number of hydrogen-bond acceptors (Lipinski definition) is 6. The van der Waals surface area contributed by atoms with E-state index in [4.69, 9.17) is 23.2 Å². The van der Waals surface area contributed by atoms with Crippen molar-refractivity contribution in [3.63, 3.8) is 0 Å². The molecule has 29 heavy (non-hydrogen) atoms. The Morgan fingerprint density at radius 1 is 1.21 bits per heavy atom. The van der Waals surface area contributed by atoms with E-state index >= 15 is 0 Å². The van der Waals surface area contributed by atoms with E-state index in [1.54, 1.807) is 0 Å². The Balaban J connectivity index is 3.74. The van der Waals surface area contributed by atoms with E-state index in [1.807, 2.05) is 5.43 Å². The molecule has 0 saturated heterocycles. The minimum Gasteiger partial charge on any atom is -0.465 e. The van der Waals surface area contributed by atoms with E-state index in [0.717, 1.165) is 20.1 Å². The van der Waals surface area contributed by atoms with Gasteiger partial charge in [0.2, 0.25) is 5.91 Å². The Kier molecular flexibility index (Phi) is 8.71. The van der Waals surface area contributed by atoms with E-state index in [0.29, 0.717) is 6.07 Å². The normalized spacial score (nSPS) is 11.8. The summed E-state index contributed by atoms with van der Waals surface area (Å²) in [6.07, 6.45) is -6.01. The van der Waals surface area contributed by atoms with Gasteiger partial charge in [-0.1, -0.05) is 23.2 Å². The van der Waals surface area contributed by atoms with E-state index in [-0.39, 0.29) is 6.61 Å². The fourth-order valence-electron chi connectivity index (χ4n) is 2.11. The highest BCUT2D eigenvalue weighted by molar-refractivity contribution is 6.56. The third-order valence-electron chi connectivity index (χ3n) is 3.20. The number of carbonyl (C=O) groups is 3. The lowest BCUT2D eigenvalue weighted by Crippen LogP contribution is -2.26. The molecule has 8 nitrogen and oxygen atoms in total. The second kappa shape index (κ2) is 10.3. The summed E-state index contributed by atoms with van der Waals surface area (Å²) in [5.41, 5.74) is -1.64. The van der Waals surface area contributed by atoms with Gasteiger partial charge in [-0.2, -0.15) is 18.3 Å². The van der Waals surface area contributed by atoms with Crippen molar-refractivity contribution in [2.24, 2.45) is 5.10 Å². The number of amides is 2. The summed E-state index contributed by atoms with van der Waals surface area (Å²) in [5.74, 6) is -1.76. The van der Waals surface area contributed by atoms with Gasteiger partial charge in [0.05, 0.1) is 30.5 Å². The summed E-state index contributed by atoms with van der Waals surface area (Å²) >= 11 is 11.5. The molecule has 1 rings (SSSR count). The molecule has 0 radical (unpaired) electrons. The number of alkyl halides is 5. The smallest absolute Gasteiger partial charge is 0.427 e. The Labute approximate surface area is 173 Å². The van der Waals surface area contributed by atoms with Gasteiger partial charge in [-0.05, 0) is 19.1 Å². The number of nitrogens with one attached hydrogen (secondary N) is 2. The molecule has 0 saturated carbocycles. The van der Waals surface area contributed by atoms with E-state index in [1.165, 1.54) is 6.92 Å². The standard InChI is InChI=1S/C16H16Cl2F3N3O5/c1-4-29-15(27)24-23-12(13(17)18)8-5-9(14(26)28-3)11(22-7(2)25)6-10(8)16(19,20)21/h5-6,13H,4H2,1-3H3,(H,22,25)(H,24,27). The maximum atomic E-state index is 13.6. The molecule has 0 heterocycles. The molecule has 13 heteroatoms. The maximum absolute atomic E-state index is 13.6. The van der Waals surface area contributed by atoms with Crippen LogP contribution in [0.15, 0.2) is 17.2 Å². The lowest BCUT2D eigenvalue weighted by Gasteiger charge is -2.19. The van der Waals surface area contributed by atoms with Gasteiger partial charge in [0.15, 0.2) is 4.84 Å². The van der Waals surface area contributed by atoms with Crippen LogP contribution in [0, 0.1) is 0 Å². The van der Waals surface area contributed by atoms with Crippen molar-refractivity contribution >= 4 is 52.6 Å². The summed E-state index contributed by atoms with van der Waals surface area (Å²) in [6.45, 7) is 2.53. The Morgan fingerprint density at radius 3 is 2.28 bits per heavy atom. The Bertz CT molecular complexity index is 829. The predicted molar refractivity (Wildman–Crippen MR) is 99.3 cm³/mol. The van der Waals surface area contributed by atoms with Crippen LogP contribution in [-0.4, -0.2) is 42.2 Å². The summed E-state index contributed by atoms with van der Waals surface area (Å²) < 4.78 is 50.0. The van der Waals surface area contributed by atoms with Crippen LogP contribution in [0.25, 0.3) is 0 Å². The second-order valence-corrected chi connectivity index (χ2v) is 6.34. The van der Waals surface area contributed by atoms with Crippen LogP contribution < -0.4 is 10.7 Å². The predicted octanol–water partition coefficient (Wildman–Crippen LogP) is 3.70. The molecule has 0 bridgehead atoms. The van der Waals surface area contributed by atoms with Crippen molar-refractivity contribution < 1.29 is 37.0 Å². The zero-order valence-corrected chi connectivity index (χ0v) is 16.8. The first-order valence-corrected chi connectivity index (χ1v) is 8.69. The number of methoxy groups -OCH3 is 1. The summed E-state index contributed by atoms with van der Waals surface area (Å²) in [4.78, 5) is 33.1. The molecule has 0 unspecified atom stereocenters. The minimum absolute atomic E-state index is 0.0203. The number of hydrogen-bond donors (Lipinski definition) is 2. The average Bonchev–Trinajstić information content (AvgIpc) is 2.60. The number of benzene rings is 1. The largest absolute Gasteiger partial charge is 0.465 e. The van der Waals surface area contributed by atoms with Crippen molar-refractivity contribution in [3.8, 4) is 0 Å². The molecular weight excluding hydrogens is 442 g/mol. The molecule has 1 aromatic carbocycles. The second-order valence-electron chi connectivity index (χ2n) is 5.24. The van der Waals surface area contributed by atoms with Crippen LogP contribution in [0.2, 0.25) is 0 Å². The number of nitrogens with zero attached hydrogens (tertiary/aromatic N) is 1. The molecule has 2 amide bonds. The Morgan fingerprint density at radius 2 is 1.83 bits per heavy atom. The van der Waals surface area contributed by atoms with Crippen LogP contribution in [-0.2, 0) is 20.4 Å². The van der Waals surface area contributed by atoms with Gasteiger partial charge in [0.1, 0.15) is 5.71 Å². The van der Waals surface area contributed by atoms with Gasteiger partial charge in [-0.3, -0.25) is 4.79 Å². The first-order valence-electron chi connectivity index (χ1n) is 7.82. The fourth-order valence-corrected chi connectivity index (χ4v) is 2.45. The van der Waals surface area contributed by atoms with Gasteiger partial charge < -0.3 is 14.8 Å². The first-order chi connectivity index (χ1) is 13.4. The van der Waals surface area contributed by atoms with Crippen molar-refractivity contribution in [3.05, 3.63) is 28.8 Å². The Hall–Kier alpha value is -2.53. The number of rotatable bonds is 6. The van der Waals surface area contributed by atoms with Crippen LogP contribution in [0.3, 0.4) is 0 Å². The molecule has 0 spiro atoms. The third-order valence-corrected chi connectivity index (χ3v) is 3.62. The van der Waals surface area contributed by atoms with Crippen LogP contribution >= 0.6 is 23.2 Å². The lowest BCUT2D eigenvalue weighted by molar-refractivity contribution is -0.137. The number of halogens is 5. The summed E-state index contributed by atoms with van der Waals surface area (Å²) in [6, 6.07) is 1.27. The molecule has 0 aliphatic heterocycles. The lowest BCUT2D eigenvalue weighted by atomic mass is 9.98. The number of carbonyl (C=O) groups excluding carboxylic acids is 3. The van der Waals surface area contributed by atoms with Gasteiger partial charge in [0.25, 0.3) is 0 Å². The molecule has 0 aliphatic rings. The van der Waals surface area contributed by atoms with Crippen molar-refractivity contribution in [2.75, 3.05) is 19.0 Å². The van der Waals surface area contributed by atoms with Crippen LogP contribution in [0.4, 0.5) is 23.7 Å². The zero-order chi connectivity index (χ0) is 22.4. The van der Waals surface area contributed by atoms with Gasteiger partial charge in [-0.15, -0.1) is 0 Å². The average molecular weight is 458 g/mol. The van der Waals surface area contributed by atoms with Crippen molar-refractivity contribution in [2.45, 2.75) is 24.9 Å². The number of ether oxygens (including phenoxy) is 2. The highest BCUT2D eigenvalue weighted by atomic mass is 35.5. The van der Waals surface area contributed by atoms with E-state index in [2.05, 4.69) is 19.9 Å². The van der Waals surface area contributed by atoms with Crippen LogP contribution in [0.5, 0.6) is 0 Å². The number of esters is 1. The van der Waals surface area contributed by atoms with Crippen LogP contribution in [0.1, 0.15) is 35.3 Å². The first kappa shape index (κ1) is 24.5. The summed E-state index contributed by atoms with van der Waals surface area (Å²) in [5, 5.41) is 5.62. The highest BCUT2D eigenvalue weighted by Crippen LogP contribution is 2.37. The molecule has 1 aromatic rings. The molecule has 0 atom stereocenters. The van der Waals surface area contributed by atoms with Gasteiger partial charge >= 0.3 is 18.2 Å². The van der Waals surface area contributed by atoms with Crippen molar-refractivity contribution in [1.82, 2.24) is 5.43 Å². The number of anilines is 1. The third kappa shape index (κ3) is 6.79. The SMILES string of the molecule is CCOC(=O)NN=C(c1cc(C(=O)OC)c(NC(C)=O)cc1C(F)(F)F)C(Cl)Cl. The van der Waals surface area contributed by atoms with Gasteiger partial charge in [-0.25, -0.2) is 15.0 Å². The topological polar surface area (TPSA) is 106 Å². The minimum atomic E-state index is -4.95. The highest BCUT2D eigenvalue weighted by Gasteiger charge is 2.37. The van der Waals surface area contributed by atoms with E-state index < -0.39 is 57.1 Å². The molecule has 160 valence electrons. The summed E-state index contributed by atoms with van der Waals surface area (Å²) in [7, 11) is 1.00. The van der Waals surface area contributed by atoms with E-state index in [9.17, 15) is 27.6 Å². The molecule has 0 aromatic heterocycles. The maximum Gasteiger partial charge on any atom is 0.427 e. The quantitative estimate of drug-likeness (QED) is 0.293. The zero-order valence-electron chi connectivity index (χ0n) is 15.3. The molecule has 0 fully saturated rings. The van der Waals surface area contributed by atoms with Gasteiger partial charge in [0, 0.05) is 12.5 Å². The molecule has 2 N–H and O–H groups in total.